The number of fused-ring (bicyclic) bond motifs is 4. The summed E-state index contributed by atoms with van der Waals surface area (Å²) in [6.45, 7) is 0. The van der Waals surface area contributed by atoms with Gasteiger partial charge in [-0.1, -0.05) is 78.9 Å². The Hall–Kier alpha value is -4.43. The number of aromatic hydroxyl groups is 1. The monoisotopic (exact) mass is 664 g/mol. The zero-order valence-corrected chi connectivity index (χ0v) is 27.4. The maximum absolute atomic E-state index is 15.3. The molecule has 3 aliphatic carbocycles. The van der Waals surface area contributed by atoms with Crippen molar-refractivity contribution in [1.29, 1.82) is 0 Å². The molecular weight excluding hydrogens is 628 g/mol. The van der Waals surface area contributed by atoms with Crippen molar-refractivity contribution in [3.8, 4) is 11.5 Å². The van der Waals surface area contributed by atoms with Gasteiger partial charge in [0, 0.05) is 22.5 Å². The maximum atomic E-state index is 15.3. The highest BCUT2D eigenvalue weighted by Gasteiger charge is 2.70. The summed E-state index contributed by atoms with van der Waals surface area (Å²) in [5.41, 5.74) is 0.785. The van der Waals surface area contributed by atoms with Crippen LogP contribution in [-0.2, 0) is 24.6 Å². The van der Waals surface area contributed by atoms with Gasteiger partial charge < -0.3 is 9.84 Å². The van der Waals surface area contributed by atoms with E-state index < -0.39 is 40.9 Å². The van der Waals surface area contributed by atoms with E-state index in [4.69, 9.17) is 16.3 Å². The number of nitrogens with zero attached hydrogens (tertiary/aromatic N) is 2. The van der Waals surface area contributed by atoms with E-state index in [-0.39, 0.29) is 35.9 Å². The number of ether oxygens (including phenoxy) is 1. The number of anilines is 1. The van der Waals surface area contributed by atoms with Crippen LogP contribution in [0.4, 0.5) is 5.69 Å². The van der Waals surface area contributed by atoms with Gasteiger partial charge in [0.2, 0.25) is 23.6 Å². The van der Waals surface area contributed by atoms with Crippen LogP contribution >= 0.6 is 11.6 Å². The zero-order valence-electron chi connectivity index (χ0n) is 26.7. The van der Waals surface area contributed by atoms with Crippen LogP contribution in [0.3, 0.4) is 0 Å². The number of amides is 4. The first-order valence-electron chi connectivity index (χ1n) is 16.9. The lowest BCUT2D eigenvalue weighted by Gasteiger charge is -2.50. The topological polar surface area (TPSA) is 104 Å². The molecule has 48 heavy (non-hydrogen) atoms. The third-order valence-electron chi connectivity index (χ3n) is 11.7. The molecule has 2 saturated heterocycles. The molecular formula is C39H37ClN2O6. The highest BCUT2D eigenvalue weighted by molar-refractivity contribution is 6.32. The number of methoxy groups -OCH3 is 1. The Morgan fingerprint density at radius 1 is 0.854 bits per heavy atom. The van der Waals surface area contributed by atoms with Crippen LogP contribution in [0.1, 0.15) is 62.0 Å². The van der Waals surface area contributed by atoms with Crippen molar-refractivity contribution in [2.75, 3.05) is 12.0 Å². The Morgan fingerprint density at radius 2 is 1.62 bits per heavy atom. The number of halogens is 1. The zero-order chi connectivity index (χ0) is 33.3. The Balaban J connectivity index is 1.36. The van der Waals surface area contributed by atoms with E-state index in [9.17, 15) is 19.5 Å². The summed E-state index contributed by atoms with van der Waals surface area (Å²) in [5, 5.41) is 12.0. The number of allylic oxidation sites excluding steroid dienone is 2. The lowest BCUT2D eigenvalue weighted by molar-refractivity contribution is -0.143. The van der Waals surface area contributed by atoms with Crippen LogP contribution in [0, 0.1) is 23.7 Å². The van der Waals surface area contributed by atoms with Crippen LogP contribution in [0.2, 0.25) is 5.02 Å². The fourth-order valence-corrected chi connectivity index (χ4v) is 9.89. The number of phenols is 1. The first kappa shape index (κ1) is 30.9. The Bertz CT molecular complexity index is 1870. The highest BCUT2D eigenvalue weighted by atomic mass is 35.5. The third-order valence-corrected chi connectivity index (χ3v) is 11.9. The van der Waals surface area contributed by atoms with Crippen molar-refractivity contribution in [3.05, 3.63) is 101 Å². The van der Waals surface area contributed by atoms with Gasteiger partial charge in [0.15, 0.2) is 0 Å². The minimum absolute atomic E-state index is 0.0439. The highest BCUT2D eigenvalue weighted by Crippen LogP contribution is 2.65. The van der Waals surface area contributed by atoms with Crippen molar-refractivity contribution < 1.29 is 29.0 Å². The molecule has 1 N–H and O–H groups in total. The van der Waals surface area contributed by atoms with Gasteiger partial charge in [-0.05, 0) is 73.6 Å². The summed E-state index contributed by atoms with van der Waals surface area (Å²) in [5.74, 6) is -4.03. The van der Waals surface area contributed by atoms with Gasteiger partial charge in [0.1, 0.15) is 11.5 Å². The van der Waals surface area contributed by atoms with E-state index >= 15 is 4.79 Å². The van der Waals surface area contributed by atoms with Crippen LogP contribution in [0.5, 0.6) is 11.5 Å². The summed E-state index contributed by atoms with van der Waals surface area (Å²) in [4.78, 5) is 61.4. The van der Waals surface area contributed by atoms with Gasteiger partial charge in [-0.3, -0.25) is 24.1 Å². The standard InChI is InChI=1S/C39H37ClN2O6/c1-48-26-15-18-32(43)30(20-26)34-27-16-17-28-33(37(46)41(35(28)44)24-12-6-3-7-13-24)29(27)21-31-36(45)42(25-14-8-11-23(40)19-25)38(47)39(31,34)22-9-4-2-5-10-22/h2,4-5,8-11,14-16,18-20,24,28-29,31,33-34,43H,3,6-7,12-13,17,21H2,1H3. The molecule has 6 unspecified atom stereocenters. The summed E-state index contributed by atoms with van der Waals surface area (Å²) in [6, 6.07) is 20.8. The van der Waals surface area contributed by atoms with Crippen LogP contribution < -0.4 is 9.64 Å². The van der Waals surface area contributed by atoms with Gasteiger partial charge >= 0.3 is 0 Å². The van der Waals surface area contributed by atoms with Gasteiger partial charge in [-0.2, -0.15) is 0 Å². The lowest BCUT2D eigenvalue weighted by Crippen LogP contribution is -2.53. The van der Waals surface area contributed by atoms with Crippen LogP contribution in [0.15, 0.2) is 84.4 Å². The van der Waals surface area contributed by atoms with Gasteiger partial charge in [0.25, 0.3) is 0 Å². The average molecular weight is 665 g/mol. The van der Waals surface area contributed by atoms with E-state index in [0.29, 0.717) is 34.0 Å². The van der Waals surface area contributed by atoms with Crippen molar-refractivity contribution in [3.63, 3.8) is 0 Å². The van der Waals surface area contributed by atoms with E-state index in [1.165, 1.54) is 12.0 Å². The molecule has 4 fully saturated rings. The van der Waals surface area contributed by atoms with Crippen molar-refractivity contribution >= 4 is 40.9 Å². The smallest absolute Gasteiger partial charge is 0.246 e. The third kappa shape index (κ3) is 4.34. The van der Waals surface area contributed by atoms with E-state index in [0.717, 1.165) is 37.7 Å². The predicted molar refractivity (Wildman–Crippen MR) is 179 cm³/mol. The second kappa shape index (κ2) is 11.6. The molecule has 8 nitrogen and oxygen atoms in total. The number of carbonyl (C=O) groups excluding carboxylic acids is 4. The quantitative estimate of drug-likeness (QED) is 0.245. The predicted octanol–water partition coefficient (Wildman–Crippen LogP) is 6.55. The molecule has 2 heterocycles. The number of benzene rings is 3. The van der Waals surface area contributed by atoms with Crippen molar-refractivity contribution in [2.45, 2.75) is 62.3 Å². The number of hydrogen-bond acceptors (Lipinski definition) is 6. The molecule has 9 heteroatoms. The fraction of sp³-hybridized carbons (Fsp3) is 0.385. The average Bonchev–Trinajstić information content (AvgIpc) is 3.50. The van der Waals surface area contributed by atoms with E-state index in [1.54, 1.807) is 47.4 Å². The summed E-state index contributed by atoms with van der Waals surface area (Å²) < 4.78 is 5.61. The number of imide groups is 2. The molecule has 6 atom stereocenters. The first-order chi connectivity index (χ1) is 23.3. The summed E-state index contributed by atoms with van der Waals surface area (Å²) in [6.07, 6.45) is 7.27. The molecule has 2 aliphatic heterocycles. The molecule has 0 radical (unpaired) electrons. The number of carbonyl (C=O) groups is 4. The number of phenolic OH excluding ortho intramolecular Hbond substituents is 1. The van der Waals surface area contributed by atoms with Crippen molar-refractivity contribution in [1.82, 2.24) is 4.90 Å². The SMILES string of the molecule is COc1ccc(O)c(C2C3=CCC4C(=O)N(C5CCCCC5)C(=O)C4C3CC3C(=O)N(c4cccc(Cl)c4)C(=O)C32c2ccccc2)c1. The number of hydrogen-bond donors (Lipinski definition) is 1. The second-order valence-corrected chi connectivity index (χ2v) is 14.3. The van der Waals surface area contributed by atoms with Gasteiger partial charge in [-0.15, -0.1) is 0 Å². The molecule has 3 aromatic rings. The van der Waals surface area contributed by atoms with Crippen LogP contribution in [0.25, 0.3) is 0 Å². The molecule has 0 bridgehead atoms. The Kier molecular flexibility index (Phi) is 7.47. The maximum Gasteiger partial charge on any atom is 0.246 e. The summed E-state index contributed by atoms with van der Waals surface area (Å²) in [7, 11) is 1.54. The van der Waals surface area contributed by atoms with Gasteiger partial charge in [0.05, 0.1) is 36.0 Å². The minimum Gasteiger partial charge on any atom is -0.508 e. The molecule has 8 rings (SSSR count). The largest absolute Gasteiger partial charge is 0.508 e. The molecule has 4 amide bonds. The molecule has 0 aromatic heterocycles. The minimum atomic E-state index is -1.46. The second-order valence-electron chi connectivity index (χ2n) is 13.9. The lowest BCUT2D eigenvalue weighted by atomic mass is 9.49. The number of likely N-dealkylation sites (tertiary alicyclic amines) is 1. The molecule has 246 valence electrons. The van der Waals surface area contributed by atoms with Crippen molar-refractivity contribution in [2.24, 2.45) is 23.7 Å². The Morgan fingerprint density at radius 3 is 2.35 bits per heavy atom. The fourth-order valence-electron chi connectivity index (χ4n) is 9.70. The Labute approximate surface area is 284 Å². The van der Waals surface area contributed by atoms with E-state index in [1.807, 2.05) is 36.4 Å². The first-order valence-corrected chi connectivity index (χ1v) is 17.3. The molecule has 0 spiro atoms. The normalized spacial score (nSPS) is 30.2. The van der Waals surface area contributed by atoms with E-state index in [2.05, 4.69) is 0 Å². The molecule has 3 aromatic carbocycles. The number of rotatable bonds is 5. The summed E-state index contributed by atoms with van der Waals surface area (Å²) >= 11 is 6.39. The molecule has 2 saturated carbocycles. The van der Waals surface area contributed by atoms with Gasteiger partial charge in [-0.25, -0.2) is 4.90 Å². The molecule has 5 aliphatic rings. The van der Waals surface area contributed by atoms with Crippen LogP contribution in [-0.4, -0.2) is 46.8 Å².